The zero-order chi connectivity index (χ0) is 15.0. The molecule has 1 rings (SSSR count). The molecular formula is C15H25N3O2. The third-order valence-corrected chi connectivity index (χ3v) is 3.51. The Hall–Kier alpha value is -1.46. The maximum Gasteiger partial charge on any atom is 0.323 e. The summed E-state index contributed by atoms with van der Waals surface area (Å²) >= 11 is 0. The molecule has 0 aliphatic heterocycles. The third kappa shape index (κ3) is 5.27. The van der Waals surface area contributed by atoms with Gasteiger partial charge in [0, 0.05) is 31.4 Å². The molecule has 2 N–H and O–H groups in total. The first-order valence-corrected chi connectivity index (χ1v) is 7.05. The molecule has 0 saturated carbocycles. The molecule has 0 fully saturated rings. The van der Waals surface area contributed by atoms with E-state index in [0.29, 0.717) is 13.0 Å². The van der Waals surface area contributed by atoms with Crippen molar-refractivity contribution < 1.29 is 9.90 Å². The van der Waals surface area contributed by atoms with Crippen LogP contribution in [0, 0.1) is 0 Å². The van der Waals surface area contributed by atoms with Crippen LogP contribution >= 0.6 is 0 Å². The lowest BCUT2D eigenvalue weighted by atomic mass is 9.97. The van der Waals surface area contributed by atoms with E-state index in [2.05, 4.69) is 15.2 Å². The zero-order valence-corrected chi connectivity index (χ0v) is 12.6. The second kappa shape index (κ2) is 7.97. The quantitative estimate of drug-likeness (QED) is 0.715. The molecule has 0 aromatic carbocycles. The Kier molecular flexibility index (Phi) is 6.61. The predicted molar refractivity (Wildman–Crippen MR) is 79.8 cm³/mol. The van der Waals surface area contributed by atoms with Crippen molar-refractivity contribution in [3.8, 4) is 0 Å². The lowest BCUT2D eigenvalue weighted by molar-refractivity contribution is -0.144. The molecule has 0 saturated heterocycles. The molecule has 0 radical (unpaired) electrons. The molecule has 0 amide bonds. The minimum atomic E-state index is -0.853. The van der Waals surface area contributed by atoms with Crippen LogP contribution in [0.1, 0.15) is 26.0 Å². The van der Waals surface area contributed by atoms with Gasteiger partial charge in [0.15, 0.2) is 0 Å². The Morgan fingerprint density at radius 2 is 2.20 bits per heavy atom. The minimum absolute atomic E-state index is 0.578. The largest absolute Gasteiger partial charge is 0.480 e. The normalized spacial score (nSPS) is 14.2. The van der Waals surface area contributed by atoms with E-state index in [9.17, 15) is 9.90 Å². The van der Waals surface area contributed by atoms with Gasteiger partial charge in [-0.25, -0.2) is 0 Å². The lowest BCUT2D eigenvalue weighted by Gasteiger charge is -2.28. The van der Waals surface area contributed by atoms with Crippen LogP contribution in [-0.4, -0.2) is 53.2 Å². The van der Waals surface area contributed by atoms with Crippen molar-refractivity contribution in [3.05, 3.63) is 30.1 Å². The Balaban J connectivity index is 2.38. The van der Waals surface area contributed by atoms with Crippen molar-refractivity contribution in [1.29, 1.82) is 0 Å². The number of hydrogen-bond acceptors (Lipinski definition) is 4. The number of nitrogens with one attached hydrogen (secondary N) is 1. The summed E-state index contributed by atoms with van der Waals surface area (Å²) in [6.07, 6.45) is 3.25. The Labute approximate surface area is 121 Å². The molecule has 1 atom stereocenters. The maximum absolute atomic E-state index is 11.3. The van der Waals surface area contributed by atoms with Crippen LogP contribution in [0.15, 0.2) is 24.4 Å². The van der Waals surface area contributed by atoms with Gasteiger partial charge in [0.05, 0.1) is 0 Å². The topological polar surface area (TPSA) is 65.5 Å². The van der Waals surface area contributed by atoms with Crippen LogP contribution in [0.2, 0.25) is 0 Å². The van der Waals surface area contributed by atoms with Crippen LogP contribution < -0.4 is 5.32 Å². The number of carbonyl (C=O) groups is 1. The first-order valence-electron chi connectivity index (χ1n) is 7.05. The average Bonchev–Trinajstić information content (AvgIpc) is 2.44. The van der Waals surface area contributed by atoms with Gasteiger partial charge in [0.1, 0.15) is 5.54 Å². The summed E-state index contributed by atoms with van der Waals surface area (Å²) in [6.45, 7) is 5.93. The highest BCUT2D eigenvalue weighted by atomic mass is 16.4. The van der Waals surface area contributed by atoms with E-state index >= 15 is 0 Å². The molecule has 0 aliphatic rings. The summed E-state index contributed by atoms with van der Waals surface area (Å²) in [5, 5.41) is 12.3. The lowest BCUT2D eigenvalue weighted by Crippen LogP contribution is -2.51. The van der Waals surface area contributed by atoms with Gasteiger partial charge in [-0.3, -0.25) is 9.78 Å². The SMILES string of the molecule is CCNC(C)(CCN(C)CCc1ccccn1)C(=O)O. The second-order valence-electron chi connectivity index (χ2n) is 5.29. The molecule has 0 aliphatic carbocycles. The highest BCUT2D eigenvalue weighted by molar-refractivity contribution is 5.78. The minimum Gasteiger partial charge on any atom is -0.480 e. The highest BCUT2D eigenvalue weighted by Gasteiger charge is 2.31. The first-order chi connectivity index (χ1) is 9.48. The number of nitrogens with zero attached hydrogens (tertiary/aromatic N) is 2. The number of likely N-dealkylation sites (N-methyl/N-ethyl adjacent to an activating group) is 2. The summed E-state index contributed by atoms with van der Waals surface area (Å²) in [7, 11) is 2.01. The van der Waals surface area contributed by atoms with E-state index < -0.39 is 11.5 Å². The van der Waals surface area contributed by atoms with Crippen LogP contribution in [0.4, 0.5) is 0 Å². The van der Waals surface area contributed by atoms with Crippen LogP contribution in [0.25, 0.3) is 0 Å². The van der Waals surface area contributed by atoms with Gasteiger partial charge in [-0.1, -0.05) is 13.0 Å². The molecular weight excluding hydrogens is 254 g/mol. The molecule has 1 unspecified atom stereocenters. The van der Waals surface area contributed by atoms with Crippen molar-refractivity contribution in [2.75, 3.05) is 26.7 Å². The maximum atomic E-state index is 11.3. The number of carboxylic acids is 1. The fourth-order valence-corrected chi connectivity index (χ4v) is 2.04. The second-order valence-corrected chi connectivity index (χ2v) is 5.29. The molecule has 5 heteroatoms. The smallest absolute Gasteiger partial charge is 0.323 e. The molecule has 1 aromatic heterocycles. The number of aliphatic carboxylic acids is 1. The number of pyridine rings is 1. The van der Waals surface area contributed by atoms with Gasteiger partial charge < -0.3 is 15.3 Å². The number of carboxylic acid groups (broad SMARTS) is 1. The summed E-state index contributed by atoms with van der Waals surface area (Å²) < 4.78 is 0. The number of hydrogen-bond donors (Lipinski definition) is 2. The number of rotatable bonds is 9. The summed E-state index contributed by atoms with van der Waals surface area (Å²) in [4.78, 5) is 17.7. The van der Waals surface area contributed by atoms with Crippen molar-refractivity contribution in [2.45, 2.75) is 32.2 Å². The Morgan fingerprint density at radius 3 is 2.75 bits per heavy atom. The standard InChI is InChI=1S/C15H25N3O2/c1-4-17-15(2,14(19)20)9-12-18(3)11-8-13-7-5-6-10-16-13/h5-7,10,17H,4,8-9,11-12H2,1-3H3,(H,19,20). The van der Waals surface area contributed by atoms with Crippen LogP contribution in [0.3, 0.4) is 0 Å². The molecule has 5 nitrogen and oxygen atoms in total. The van der Waals surface area contributed by atoms with Gasteiger partial charge in [0.25, 0.3) is 0 Å². The van der Waals surface area contributed by atoms with E-state index in [1.165, 1.54) is 0 Å². The zero-order valence-electron chi connectivity index (χ0n) is 12.6. The van der Waals surface area contributed by atoms with E-state index in [4.69, 9.17) is 0 Å². The van der Waals surface area contributed by atoms with Crippen molar-refractivity contribution in [3.63, 3.8) is 0 Å². The first kappa shape index (κ1) is 16.6. The molecule has 1 heterocycles. The molecule has 20 heavy (non-hydrogen) atoms. The fraction of sp³-hybridized carbons (Fsp3) is 0.600. The van der Waals surface area contributed by atoms with E-state index in [1.54, 1.807) is 13.1 Å². The van der Waals surface area contributed by atoms with Crippen LogP contribution in [0.5, 0.6) is 0 Å². The monoisotopic (exact) mass is 279 g/mol. The van der Waals surface area contributed by atoms with Crippen molar-refractivity contribution in [1.82, 2.24) is 15.2 Å². The summed E-state index contributed by atoms with van der Waals surface area (Å²) in [5.74, 6) is -0.794. The summed E-state index contributed by atoms with van der Waals surface area (Å²) in [6, 6.07) is 5.89. The van der Waals surface area contributed by atoms with E-state index in [-0.39, 0.29) is 0 Å². The van der Waals surface area contributed by atoms with E-state index in [1.807, 2.05) is 32.2 Å². The average molecular weight is 279 g/mol. The molecule has 0 bridgehead atoms. The molecule has 112 valence electrons. The van der Waals surface area contributed by atoms with Gasteiger partial charge in [-0.15, -0.1) is 0 Å². The van der Waals surface area contributed by atoms with Crippen molar-refractivity contribution >= 4 is 5.97 Å². The van der Waals surface area contributed by atoms with Crippen LogP contribution in [-0.2, 0) is 11.2 Å². The molecule has 1 aromatic rings. The third-order valence-electron chi connectivity index (χ3n) is 3.51. The predicted octanol–water partition coefficient (Wildman–Crippen LogP) is 1.40. The molecule has 0 spiro atoms. The highest BCUT2D eigenvalue weighted by Crippen LogP contribution is 2.11. The van der Waals surface area contributed by atoms with Crippen molar-refractivity contribution in [2.24, 2.45) is 0 Å². The van der Waals surface area contributed by atoms with E-state index in [0.717, 1.165) is 25.2 Å². The van der Waals surface area contributed by atoms with Gasteiger partial charge in [-0.2, -0.15) is 0 Å². The Bertz CT molecular complexity index is 411. The van der Waals surface area contributed by atoms with Gasteiger partial charge in [-0.05, 0) is 39.1 Å². The summed E-state index contributed by atoms with van der Waals surface area (Å²) in [5.41, 5.74) is 0.209. The van der Waals surface area contributed by atoms with Gasteiger partial charge >= 0.3 is 5.97 Å². The fourth-order valence-electron chi connectivity index (χ4n) is 2.04. The van der Waals surface area contributed by atoms with Gasteiger partial charge in [0.2, 0.25) is 0 Å². The number of aromatic nitrogens is 1. The Morgan fingerprint density at radius 1 is 1.45 bits per heavy atom.